The Morgan fingerprint density at radius 1 is 1.40 bits per heavy atom. The summed E-state index contributed by atoms with van der Waals surface area (Å²) >= 11 is 0. The summed E-state index contributed by atoms with van der Waals surface area (Å²) in [6.45, 7) is 9.52. The number of hydrogen-bond acceptors (Lipinski definition) is 2. The molecule has 0 saturated carbocycles. The van der Waals surface area contributed by atoms with Crippen molar-refractivity contribution in [2.75, 3.05) is 7.11 Å². The van der Waals surface area contributed by atoms with E-state index in [0.717, 1.165) is 5.57 Å². The standard InChI is InChI=1S/C8H16O2/c1-6(2)7(3)10-8(4)9-5/h7-8H,1H2,2-5H3. The Bertz CT molecular complexity index is 110. The van der Waals surface area contributed by atoms with Gasteiger partial charge in [-0.3, -0.25) is 0 Å². The summed E-state index contributed by atoms with van der Waals surface area (Å²) in [6, 6.07) is 0. The van der Waals surface area contributed by atoms with Gasteiger partial charge in [-0.1, -0.05) is 12.2 Å². The molecule has 0 aromatic rings. The van der Waals surface area contributed by atoms with Gasteiger partial charge in [-0.25, -0.2) is 0 Å². The van der Waals surface area contributed by atoms with Crippen molar-refractivity contribution in [1.29, 1.82) is 0 Å². The molecule has 2 heteroatoms. The van der Waals surface area contributed by atoms with E-state index in [1.54, 1.807) is 7.11 Å². The van der Waals surface area contributed by atoms with E-state index < -0.39 is 0 Å². The maximum atomic E-state index is 5.34. The summed E-state index contributed by atoms with van der Waals surface area (Å²) in [5.41, 5.74) is 1.02. The van der Waals surface area contributed by atoms with Crippen LogP contribution in [-0.4, -0.2) is 19.5 Å². The Kier molecular flexibility index (Phi) is 4.32. The zero-order chi connectivity index (χ0) is 8.15. The lowest BCUT2D eigenvalue weighted by atomic mass is 10.2. The molecule has 0 radical (unpaired) electrons. The van der Waals surface area contributed by atoms with Crippen LogP contribution in [0.1, 0.15) is 20.8 Å². The van der Waals surface area contributed by atoms with Gasteiger partial charge in [-0.05, 0) is 20.8 Å². The van der Waals surface area contributed by atoms with Crippen LogP contribution < -0.4 is 0 Å². The van der Waals surface area contributed by atoms with Crippen LogP contribution in [0.5, 0.6) is 0 Å². The van der Waals surface area contributed by atoms with Crippen LogP contribution in [0.25, 0.3) is 0 Å². The summed E-state index contributed by atoms with van der Waals surface area (Å²) in [5, 5.41) is 0. The molecule has 2 atom stereocenters. The van der Waals surface area contributed by atoms with E-state index in [1.807, 2.05) is 20.8 Å². The van der Waals surface area contributed by atoms with Crippen LogP contribution in [0, 0.1) is 0 Å². The molecule has 0 fully saturated rings. The first kappa shape index (κ1) is 9.66. The maximum absolute atomic E-state index is 5.34. The Morgan fingerprint density at radius 2 is 1.90 bits per heavy atom. The highest BCUT2D eigenvalue weighted by Crippen LogP contribution is 2.05. The quantitative estimate of drug-likeness (QED) is 0.443. The monoisotopic (exact) mass is 144 g/mol. The SMILES string of the molecule is C=C(C)C(C)OC(C)OC. The van der Waals surface area contributed by atoms with E-state index in [2.05, 4.69) is 6.58 Å². The van der Waals surface area contributed by atoms with Crippen LogP contribution in [0.4, 0.5) is 0 Å². The fraction of sp³-hybridized carbons (Fsp3) is 0.750. The highest BCUT2D eigenvalue weighted by atomic mass is 16.7. The number of methoxy groups -OCH3 is 1. The summed E-state index contributed by atoms with van der Waals surface area (Å²) in [4.78, 5) is 0. The molecule has 2 unspecified atom stereocenters. The zero-order valence-corrected chi connectivity index (χ0v) is 7.18. The van der Waals surface area contributed by atoms with Crippen molar-refractivity contribution >= 4 is 0 Å². The predicted octanol–water partition coefficient (Wildman–Crippen LogP) is 1.96. The Labute approximate surface area is 62.8 Å². The zero-order valence-electron chi connectivity index (χ0n) is 7.18. The van der Waals surface area contributed by atoms with E-state index in [0.29, 0.717) is 0 Å². The van der Waals surface area contributed by atoms with Crippen molar-refractivity contribution in [3.05, 3.63) is 12.2 Å². The molecule has 0 amide bonds. The van der Waals surface area contributed by atoms with Crippen molar-refractivity contribution in [3.8, 4) is 0 Å². The van der Waals surface area contributed by atoms with Gasteiger partial charge in [0.05, 0.1) is 6.10 Å². The molecule has 0 spiro atoms. The van der Waals surface area contributed by atoms with E-state index in [4.69, 9.17) is 9.47 Å². The molecule has 0 saturated heterocycles. The third kappa shape index (κ3) is 3.64. The smallest absolute Gasteiger partial charge is 0.155 e. The lowest BCUT2D eigenvalue weighted by Gasteiger charge is -2.17. The molecule has 10 heavy (non-hydrogen) atoms. The highest BCUT2D eigenvalue weighted by molar-refractivity contribution is 4.95. The molecule has 0 bridgehead atoms. The van der Waals surface area contributed by atoms with Crippen molar-refractivity contribution in [2.45, 2.75) is 33.2 Å². The molecule has 0 heterocycles. The van der Waals surface area contributed by atoms with Crippen molar-refractivity contribution in [3.63, 3.8) is 0 Å². The molecule has 0 aliphatic heterocycles. The minimum absolute atomic E-state index is 0.0787. The van der Waals surface area contributed by atoms with Gasteiger partial charge in [0.25, 0.3) is 0 Å². The third-order valence-corrected chi connectivity index (χ3v) is 1.42. The lowest BCUT2D eigenvalue weighted by molar-refractivity contribution is -0.129. The van der Waals surface area contributed by atoms with Crippen LogP contribution in [0.3, 0.4) is 0 Å². The molecule has 0 aliphatic rings. The molecule has 0 aromatic heterocycles. The highest BCUT2D eigenvalue weighted by Gasteiger charge is 2.06. The lowest BCUT2D eigenvalue weighted by Crippen LogP contribution is -2.18. The molecule has 2 nitrogen and oxygen atoms in total. The van der Waals surface area contributed by atoms with E-state index in [-0.39, 0.29) is 12.4 Å². The largest absolute Gasteiger partial charge is 0.356 e. The second-order valence-electron chi connectivity index (χ2n) is 2.43. The second-order valence-corrected chi connectivity index (χ2v) is 2.43. The van der Waals surface area contributed by atoms with Gasteiger partial charge in [-0.2, -0.15) is 0 Å². The molecule has 0 aliphatic carbocycles. The van der Waals surface area contributed by atoms with Gasteiger partial charge in [0, 0.05) is 7.11 Å². The number of hydrogen-bond donors (Lipinski definition) is 0. The van der Waals surface area contributed by atoms with Crippen molar-refractivity contribution in [2.24, 2.45) is 0 Å². The van der Waals surface area contributed by atoms with Crippen LogP contribution in [-0.2, 0) is 9.47 Å². The molecule has 0 N–H and O–H groups in total. The predicted molar refractivity (Wildman–Crippen MR) is 41.8 cm³/mol. The molecule has 0 rings (SSSR count). The van der Waals surface area contributed by atoms with Gasteiger partial charge >= 0.3 is 0 Å². The normalized spacial score (nSPS) is 16.4. The summed E-state index contributed by atoms with van der Waals surface area (Å²) in [6.07, 6.45) is -0.0679. The van der Waals surface area contributed by atoms with Crippen LogP contribution in [0.2, 0.25) is 0 Å². The fourth-order valence-electron chi connectivity index (χ4n) is 0.459. The minimum Gasteiger partial charge on any atom is -0.356 e. The summed E-state index contributed by atoms with van der Waals surface area (Å²) in [5.74, 6) is 0. The number of ether oxygens (including phenoxy) is 2. The van der Waals surface area contributed by atoms with Crippen LogP contribution >= 0.6 is 0 Å². The summed E-state index contributed by atoms with van der Waals surface area (Å²) < 4.78 is 10.2. The Hall–Kier alpha value is -0.340. The van der Waals surface area contributed by atoms with E-state index in [9.17, 15) is 0 Å². The van der Waals surface area contributed by atoms with Crippen molar-refractivity contribution in [1.82, 2.24) is 0 Å². The number of rotatable bonds is 4. The van der Waals surface area contributed by atoms with Gasteiger partial charge < -0.3 is 9.47 Å². The van der Waals surface area contributed by atoms with E-state index >= 15 is 0 Å². The minimum atomic E-state index is -0.147. The molecule has 60 valence electrons. The average Bonchev–Trinajstić information content (AvgIpc) is 1.87. The Balaban J connectivity index is 3.56. The third-order valence-electron chi connectivity index (χ3n) is 1.42. The summed E-state index contributed by atoms with van der Waals surface area (Å²) in [7, 11) is 1.62. The molecular weight excluding hydrogens is 128 g/mol. The molecular formula is C8H16O2. The average molecular weight is 144 g/mol. The second kappa shape index (κ2) is 4.47. The first-order valence-electron chi connectivity index (χ1n) is 3.41. The Morgan fingerprint density at radius 3 is 2.20 bits per heavy atom. The maximum Gasteiger partial charge on any atom is 0.155 e. The van der Waals surface area contributed by atoms with Gasteiger partial charge in [0.15, 0.2) is 6.29 Å². The van der Waals surface area contributed by atoms with Crippen LogP contribution in [0.15, 0.2) is 12.2 Å². The first-order valence-corrected chi connectivity index (χ1v) is 3.41. The van der Waals surface area contributed by atoms with Gasteiger partial charge in [0.2, 0.25) is 0 Å². The van der Waals surface area contributed by atoms with Gasteiger partial charge in [-0.15, -0.1) is 0 Å². The first-order chi connectivity index (χ1) is 4.57. The molecule has 0 aromatic carbocycles. The van der Waals surface area contributed by atoms with Crippen molar-refractivity contribution < 1.29 is 9.47 Å². The topological polar surface area (TPSA) is 18.5 Å². The van der Waals surface area contributed by atoms with Gasteiger partial charge in [0.1, 0.15) is 0 Å². The fourth-order valence-corrected chi connectivity index (χ4v) is 0.459. The van der Waals surface area contributed by atoms with E-state index in [1.165, 1.54) is 0 Å².